The van der Waals surface area contributed by atoms with Gasteiger partial charge in [0.25, 0.3) is 0 Å². The molecule has 1 aromatic heterocycles. The number of carbonyl (C=O) groups excluding carboxylic acids is 1. The van der Waals surface area contributed by atoms with Gasteiger partial charge in [-0.25, -0.2) is 0 Å². The van der Waals surface area contributed by atoms with Gasteiger partial charge >= 0.3 is 0 Å². The maximum atomic E-state index is 11.8. The number of aromatic nitrogens is 1. The van der Waals surface area contributed by atoms with Crippen molar-refractivity contribution in [2.45, 2.75) is 45.1 Å². The number of hydrogen-bond donors (Lipinski definition) is 1. The normalized spacial score (nSPS) is 16.7. The number of hydrogen-bond acceptors (Lipinski definition) is 2. The van der Waals surface area contributed by atoms with Crippen molar-refractivity contribution in [1.29, 1.82) is 0 Å². The van der Waals surface area contributed by atoms with E-state index in [1.54, 1.807) is 12.4 Å². The molecular formula is C14H20N2O. The highest BCUT2D eigenvalue weighted by Crippen LogP contribution is 2.26. The Kier molecular flexibility index (Phi) is 4.54. The molecule has 92 valence electrons. The number of rotatable bonds is 4. The van der Waals surface area contributed by atoms with Crippen LogP contribution in [0.4, 0.5) is 0 Å². The molecule has 0 atom stereocenters. The Morgan fingerprint density at radius 2 is 1.94 bits per heavy atom. The fourth-order valence-corrected chi connectivity index (χ4v) is 2.43. The van der Waals surface area contributed by atoms with E-state index in [1.807, 2.05) is 12.1 Å². The lowest BCUT2D eigenvalue weighted by molar-refractivity contribution is -0.122. The van der Waals surface area contributed by atoms with E-state index >= 15 is 0 Å². The van der Waals surface area contributed by atoms with Gasteiger partial charge in [-0.15, -0.1) is 0 Å². The van der Waals surface area contributed by atoms with Crippen LogP contribution in [0.1, 0.15) is 44.1 Å². The summed E-state index contributed by atoms with van der Waals surface area (Å²) in [6.45, 7) is 0.619. The average molecular weight is 232 g/mol. The molecule has 1 heterocycles. The third-order valence-electron chi connectivity index (χ3n) is 3.44. The van der Waals surface area contributed by atoms with Crippen LogP contribution in [-0.2, 0) is 11.3 Å². The molecule has 0 spiro atoms. The zero-order valence-corrected chi connectivity index (χ0v) is 10.2. The summed E-state index contributed by atoms with van der Waals surface area (Å²) >= 11 is 0. The third kappa shape index (κ3) is 4.17. The lowest BCUT2D eigenvalue weighted by Crippen LogP contribution is -2.25. The van der Waals surface area contributed by atoms with Crippen molar-refractivity contribution >= 4 is 5.91 Å². The Bertz CT molecular complexity index is 344. The fourth-order valence-electron chi connectivity index (χ4n) is 2.43. The molecule has 3 heteroatoms. The molecule has 3 nitrogen and oxygen atoms in total. The van der Waals surface area contributed by atoms with Gasteiger partial charge in [-0.1, -0.05) is 19.3 Å². The van der Waals surface area contributed by atoms with Crippen LogP contribution < -0.4 is 5.32 Å². The predicted octanol–water partition coefficient (Wildman–Crippen LogP) is 2.67. The Morgan fingerprint density at radius 1 is 1.24 bits per heavy atom. The quantitative estimate of drug-likeness (QED) is 0.867. The smallest absolute Gasteiger partial charge is 0.220 e. The van der Waals surface area contributed by atoms with E-state index in [9.17, 15) is 4.79 Å². The summed E-state index contributed by atoms with van der Waals surface area (Å²) < 4.78 is 0. The standard InChI is InChI=1S/C14H20N2O/c17-14(10-12-4-2-1-3-5-12)16-11-13-6-8-15-9-7-13/h6-9,12H,1-5,10-11H2,(H,16,17). The average Bonchev–Trinajstić information content (AvgIpc) is 2.39. The van der Waals surface area contributed by atoms with E-state index in [0.29, 0.717) is 18.9 Å². The van der Waals surface area contributed by atoms with E-state index in [0.717, 1.165) is 5.56 Å². The lowest BCUT2D eigenvalue weighted by atomic mass is 9.87. The zero-order valence-electron chi connectivity index (χ0n) is 10.2. The van der Waals surface area contributed by atoms with Crippen LogP contribution >= 0.6 is 0 Å². The molecule has 1 N–H and O–H groups in total. The number of carbonyl (C=O) groups is 1. The summed E-state index contributed by atoms with van der Waals surface area (Å²) in [4.78, 5) is 15.7. The van der Waals surface area contributed by atoms with Crippen LogP contribution in [0.3, 0.4) is 0 Å². The van der Waals surface area contributed by atoms with Crippen molar-refractivity contribution in [2.75, 3.05) is 0 Å². The molecule has 0 aromatic carbocycles. The number of pyridine rings is 1. The first-order chi connectivity index (χ1) is 8.34. The van der Waals surface area contributed by atoms with Gasteiger partial charge in [-0.3, -0.25) is 9.78 Å². The highest BCUT2D eigenvalue weighted by Gasteiger charge is 2.16. The molecule has 1 aliphatic carbocycles. The maximum absolute atomic E-state index is 11.8. The molecule has 0 aliphatic heterocycles. The van der Waals surface area contributed by atoms with Gasteiger partial charge in [0.1, 0.15) is 0 Å². The third-order valence-corrected chi connectivity index (χ3v) is 3.44. The molecule has 0 radical (unpaired) electrons. The molecule has 1 aliphatic rings. The molecule has 0 unspecified atom stereocenters. The van der Waals surface area contributed by atoms with Crippen molar-refractivity contribution < 1.29 is 4.79 Å². The SMILES string of the molecule is O=C(CC1CCCCC1)NCc1ccncc1. The molecule has 1 aromatic rings. The summed E-state index contributed by atoms with van der Waals surface area (Å²) in [6.07, 6.45) is 10.6. The first-order valence-corrected chi connectivity index (χ1v) is 6.50. The van der Waals surface area contributed by atoms with Crippen molar-refractivity contribution in [1.82, 2.24) is 10.3 Å². The molecule has 2 rings (SSSR count). The van der Waals surface area contributed by atoms with Gasteiger partial charge in [0.15, 0.2) is 0 Å². The Labute approximate surface area is 103 Å². The van der Waals surface area contributed by atoms with E-state index in [1.165, 1.54) is 32.1 Å². The maximum Gasteiger partial charge on any atom is 0.220 e. The summed E-state index contributed by atoms with van der Waals surface area (Å²) in [7, 11) is 0. The first-order valence-electron chi connectivity index (χ1n) is 6.50. The first kappa shape index (κ1) is 12.1. The van der Waals surface area contributed by atoms with Crippen LogP contribution in [0.25, 0.3) is 0 Å². The van der Waals surface area contributed by atoms with Crippen LogP contribution in [0, 0.1) is 5.92 Å². The van der Waals surface area contributed by atoms with Crippen molar-refractivity contribution in [3.8, 4) is 0 Å². The summed E-state index contributed by atoms with van der Waals surface area (Å²) in [6, 6.07) is 3.86. The zero-order chi connectivity index (χ0) is 11.9. The summed E-state index contributed by atoms with van der Waals surface area (Å²) in [5.74, 6) is 0.801. The highest BCUT2D eigenvalue weighted by molar-refractivity contribution is 5.76. The Morgan fingerprint density at radius 3 is 2.65 bits per heavy atom. The highest BCUT2D eigenvalue weighted by atomic mass is 16.1. The van der Waals surface area contributed by atoms with Gasteiger partial charge in [0.05, 0.1) is 0 Å². The Hall–Kier alpha value is -1.38. The summed E-state index contributed by atoms with van der Waals surface area (Å²) in [5.41, 5.74) is 1.11. The van der Waals surface area contributed by atoms with E-state index < -0.39 is 0 Å². The Balaban J connectivity index is 1.70. The van der Waals surface area contributed by atoms with Gasteiger partial charge < -0.3 is 5.32 Å². The van der Waals surface area contributed by atoms with Crippen LogP contribution in [0.2, 0.25) is 0 Å². The van der Waals surface area contributed by atoms with Crippen molar-refractivity contribution in [3.05, 3.63) is 30.1 Å². The lowest BCUT2D eigenvalue weighted by Gasteiger charge is -2.20. The molecule has 1 saturated carbocycles. The molecule has 0 saturated heterocycles. The molecule has 1 fully saturated rings. The van der Waals surface area contributed by atoms with E-state index in [-0.39, 0.29) is 5.91 Å². The summed E-state index contributed by atoms with van der Waals surface area (Å²) in [5, 5.41) is 2.98. The predicted molar refractivity (Wildman–Crippen MR) is 67.3 cm³/mol. The van der Waals surface area contributed by atoms with E-state index in [2.05, 4.69) is 10.3 Å². The minimum Gasteiger partial charge on any atom is -0.352 e. The number of nitrogens with zero attached hydrogens (tertiary/aromatic N) is 1. The van der Waals surface area contributed by atoms with E-state index in [4.69, 9.17) is 0 Å². The van der Waals surface area contributed by atoms with Gasteiger partial charge in [-0.2, -0.15) is 0 Å². The molecule has 1 amide bonds. The second-order valence-corrected chi connectivity index (χ2v) is 4.84. The topological polar surface area (TPSA) is 42.0 Å². The fraction of sp³-hybridized carbons (Fsp3) is 0.571. The van der Waals surface area contributed by atoms with Crippen LogP contribution in [0.15, 0.2) is 24.5 Å². The van der Waals surface area contributed by atoms with Gasteiger partial charge in [0, 0.05) is 25.4 Å². The second-order valence-electron chi connectivity index (χ2n) is 4.84. The van der Waals surface area contributed by atoms with Gasteiger partial charge in [-0.05, 0) is 36.5 Å². The van der Waals surface area contributed by atoms with Crippen molar-refractivity contribution in [3.63, 3.8) is 0 Å². The minimum atomic E-state index is 0.189. The van der Waals surface area contributed by atoms with Crippen LogP contribution in [-0.4, -0.2) is 10.9 Å². The van der Waals surface area contributed by atoms with Crippen molar-refractivity contribution in [2.24, 2.45) is 5.92 Å². The molecule has 17 heavy (non-hydrogen) atoms. The largest absolute Gasteiger partial charge is 0.352 e. The number of amides is 1. The second kappa shape index (κ2) is 6.38. The minimum absolute atomic E-state index is 0.189. The number of nitrogens with one attached hydrogen (secondary N) is 1. The molecule has 0 bridgehead atoms. The molecular weight excluding hydrogens is 212 g/mol. The van der Waals surface area contributed by atoms with Gasteiger partial charge in [0.2, 0.25) is 5.91 Å². The van der Waals surface area contributed by atoms with Crippen LogP contribution in [0.5, 0.6) is 0 Å². The monoisotopic (exact) mass is 232 g/mol.